The number of aromatic nitrogens is 1. The molecule has 0 saturated heterocycles. The molecule has 17 heavy (non-hydrogen) atoms. The molecule has 0 radical (unpaired) electrons. The number of hydrogen-bond donors (Lipinski definition) is 1. The van der Waals surface area contributed by atoms with Gasteiger partial charge in [0.2, 0.25) is 0 Å². The summed E-state index contributed by atoms with van der Waals surface area (Å²) >= 11 is 1.44. The molecule has 0 amide bonds. The number of nitrogens with zero attached hydrogens (tertiary/aromatic N) is 1. The summed E-state index contributed by atoms with van der Waals surface area (Å²) in [6.45, 7) is 0.00392. The van der Waals surface area contributed by atoms with Gasteiger partial charge in [0, 0.05) is 6.20 Å². The maximum atomic E-state index is 9.04. The molecule has 5 heteroatoms. The van der Waals surface area contributed by atoms with Crippen molar-refractivity contribution < 1.29 is 14.6 Å². The van der Waals surface area contributed by atoms with Crippen LogP contribution in [0.4, 0.5) is 0 Å². The summed E-state index contributed by atoms with van der Waals surface area (Å²) in [6, 6.07) is 5.55. The third kappa shape index (κ3) is 2.40. The number of thiazole rings is 1. The Morgan fingerprint density at radius 1 is 1.29 bits per heavy atom. The fourth-order valence-corrected chi connectivity index (χ4v) is 2.28. The Bertz CT molecular complexity index is 510. The van der Waals surface area contributed by atoms with Crippen molar-refractivity contribution in [1.29, 1.82) is 0 Å². The molecular formula is C12H13NO3S. The Hall–Kier alpha value is -1.59. The number of aliphatic hydroxyl groups is 1. The van der Waals surface area contributed by atoms with Gasteiger partial charge in [0.05, 0.1) is 31.3 Å². The minimum absolute atomic E-state index is 0.00392. The first kappa shape index (κ1) is 11.9. The Morgan fingerprint density at radius 2 is 2.12 bits per heavy atom. The lowest BCUT2D eigenvalue weighted by Crippen LogP contribution is -1.89. The van der Waals surface area contributed by atoms with E-state index in [-0.39, 0.29) is 6.61 Å². The molecule has 0 spiro atoms. The van der Waals surface area contributed by atoms with Crippen molar-refractivity contribution in [3.05, 3.63) is 29.3 Å². The number of aliphatic hydroxyl groups excluding tert-OH is 1. The van der Waals surface area contributed by atoms with E-state index in [1.807, 2.05) is 18.2 Å². The predicted octanol–water partition coefficient (Wildman–Crippen LogP) is 2.32. The van der Waals surface area contributed by atoms with Crippen molar-refractivity contribution in [2.75, 3.05) is 14.2 Å². The van der Waals surface area contributed by atoms with Crippen LogP contribution in [0, 0.1) is 0 Å². The molecule has 0 aliphatic carbocycles. The molecule has 0 unspecified atom stereocenters. The van der Waals surface area contributed by atoms with Gasteiger partial charge in [-0.3, -0.25) is 0 Å². The van der Waals surface area contributed by atoms with Crippen LogP contribution in [-0.4, -0.2) is 24.3 Å². The zero-order chi connectivity index (χ0) is 12.3. The molecule has 1 aromatic heterocycles. The average molecular weight is 251 g/mol. The van der Waals surface area contributed by atoms with Gasteiger partial charge in [-0.15, -0.1) is 11.3 Å². The van der Waals surface area contributed by atoms with Crippen LogP contribution >= 0.6 is 11.3 Å². The minimum Gasteiger partial charge on any atom is -0.497 e. The molecule has 0 aliphatic heterocycles. The normalized spacial score (nSPS) is 10.3. The maximum Gasteiger partial charge on any atom is 0.129 e. The molecule has 0 bridgehead atoms. The first-order valence-electron chi connectivity index (χ1n) is 5.06. The Labute approximate surface area is 103 Å². The molecule has 0 aliphatic rings. The van der Waals surface area contributed by atoms with Crippen LogP contribution in [0.3, 0.4) is 0 Å². The Balaban J connectivity index is 2.47. The summed E-state index contributed by atoms with van der Waals surface area (Å²) in [6.07, 6.45) is 1.67. The SMILES string of the molecule is COc1ccc(OC)c(-c2ncc(CO)s2)c1. The molecule has 2 aromatic rings. The highest BCUT2D eigenvalue weighted by Gasteiger charge is 2.11. The van der Waals surface area contributed by atoms with Gasteiger partial charge in [0.25, 0.3) is 0 Å². The van der Waals surface area contributed by atoms with E-state index >= 15 is 0 Å². The van der Waals surface area contributed by atoms with Gasteiger partial charge < -0.3 is 14.6 Å². The molecule has 0 fully saturated rings. The fourth-order valence-electron chi connectivity index (χ4n) is 1.49. The van der Waals surface area contributed by atoms with E-state index in [1.54, 1.807) is 20.4 Å². The fraction of sp³-hybridized carbons (Fsp3) is 0.250. The van der Waals surface area contributed by atoms with Crippen LogP contribution in [0.25, 0.3) is 10.6 Å². The van der Waals surface area contributed by atoms with Crippen molar-refractivity contribution in [2.24, 2.45) is 0 Å². The van der Waals surface area contributed by atoms with Crippen molar-refractivity contribution in [3.8, 4) is 22.1 Å². The number of methoxy groups -OCH3 is 2. The van der Waals surface area contributed by atoms with Gasteiger partial charge in [0.15, 0.2) is 0 Å². The van der Waals surface area contributed by atoms with Crippen molar-refractivity contribution in [2.45, 2.75) is 6.61 Å². The van der Waals surface area contributed by atoms with E-state index in [4.69, 9.17) is 14.6 Å². The molecular weight excluding hydrogens is 238 g/mol. The van der Waals surface area contributed by atoms with Crippen LogP contribution in [-0.2, 0) is 6.61 Å². The first-order valence-corrected chi connectivity index (χ1v) is 5.88. The zero-order valence-corrected chi connectivity index (χ0v) is 10.5. The van der Waals surface area contributed by atoms with Gasteiger partial charge in [-0.25, -0.2) is 4.98 Å². The number of ether oxygens (including phenoxy) is 2. The molecule has 1 heterocycles. The van der Waals surface area contributed by atoms with Crippen molar-refractivity contribution >= 4 is 11.3 Å². The van der Waals surface area contributed by atoms with E-state index in [1.165, 1.54) is 11.3 Å². The highest BCUT2D eigenvalue weighted by molar-refractivity contribution is 7.15. The van der Waals surface area contributed by atoms with Crippen LogP contribution in [0.5, 0.6) is 11.5 Å². The van der Waals surface area contributed by atoms with Crippen LogP contribution in [0.1, 0.15) is 4.88 Å². The summed E-state index contributed by atoms with van der Waals surface area (Å²) < 4.78 is 10.5. The van der Waals surface area contributed by atoms with Crippen molar-refractivity contribution in [1.82, 2.24) is 4.98 Å². The summed E-state index contributed by atoms with van der Waals surface area (Å²) in [5.74, 6) is 1.49. The first-order chi connectivity index (χ1) is 8.28. The Kier molecular flexibility index (Phi) is 3.61. The topological polar surface area (TPSA) is 51.6 Å². The van der Waals surface area contributed by atoms with E-state index in [2.05, 4.69) is 4.98 Å². The molecule has 0 saturated carbocycles. The average Bonchev–Trinajstić information content (AvgIpc) is 2.86. The number of hydrogen-bond acceptors (Lipinski definition) is 5. The third-order valence-electron chi connectivity index (χ3n) is 2.35. The summed E-state index contributed by atoms with van der Waals surface area (Å²) in [4.78, 5) is 5.09. The van der Waals surface area contributed by atoms with Crippen LogP contribution in [0.15, 0.2) is 24.4 Å². The van der Waals surface area contributed by atoms with Gasteiger partial charge in [-0.2, -0.15) is 0 Å². The van der Waals surface area contributed by atoms with E-state index < -0.39 is 0 Å². The van der Waals surface area contributed by atoms with Gasteiger partial charge in [-0.05, 0) is 18.2 Å². The maximum absolute atomic E-state index is 9.04. The van der Waals surface area contributed by atoms with E-state index in [0.29, 0.717) is 0 Å². The monoisotopic (exact) mass is 251 g/mol. The van der Waals surface area contributed by atoms with Crippen LogP contribution < -0.4 is 9.47 Å². The molecule has 1 aromatic carbocycles. The second-order valence-electron chi connectivity index (χ2n) is 3.36. The van der Waals surface area contributed by atoms with Gasteiger partial charge in [-0.1, -0.05) is 0 Å². The summed E-state index contributed by atoms with van der Waals surface area (Å²) in [5, 5.41) is 9.85. The molecule has 0 atom stereocenters. The lowest BCUT2D eigenvalue weighted by molar-refractivity contribution is 0.285. The summed E-state index contributed by atoms with van der Waals surface area (Å²) in [5.41, 5.74) is 0.872. The van der Waals surface area contributed by atoms with E-state index in [9.17, 15) is 0 Å². The Morgan fingerprint density at radius 3 is 2.71 bits per heavy atom. The standard InChI is InChI=1S/C12H13NO3S/c1-15-8-3-4-11(16-2)10(5-8)12-13-6-9(7-14)17-12/h3-6,14H,7H2,1-2H3. The highest BCUT2D eigenvalue weighted by Crippen LogP contribution is 2.35. The lowest BCUT2D eigenvalue weighted by Gasteiger charge is -2.07. The van der Waals surface area contributed by atoms with E-state index in [0.717, 1.165) is 26.9 Å². The van der Waals surface area contributed by atoms with Crippen molar-refractivity contribution in [3.63, 3.8) is 0 Å². The van der Waals surface area contributed by atoms with Gasteiger partial charge >= 0.3 is 0 Å². The molecule has 2 rings (SSSR count). The largest absolute Gasteiger partial charge is 0.497 e. The molecule has 4 nitrogen and oxygen atoms in total. The molecule has 1 N–H and O–H groups in total. The number of rotatable bonds is 4. The predicted molar refractivity (Wildman–Crippen MR) is 66.6 cm³/mol. The third-order valence-corrected chi connectivity index (χ3v) is 3.36. The number of benzene rings is 1. The lowest BCUT2D eigenvalue weighted by atomic mass is 10.2. The quantitative estimate of drug-likeness (QED) is 0.906. The highest BCUT2D eigenvalue weighted by atomic mass is 32.1. The summed E-state index contributed by atoms with van der Waals surface area (Å²) in [7, 11) is 3.23. The minimum atomic E-state index is 0.00392. The van der Waals surface area contributed by atoms with Gasteiger partial charge in [0.1, 0.15) is 16.5 Å². The smallest absolute Gasteiger partial charge is 0.129 e. The second-order valence-corrected chi connectivity index (χ2v) is 4.47. The second kappa shape index (κ2) is 5.16. The zero-order valence-electron chi connectivity index (χ0n) is 9.64. The molecule has 90 valence electrons. The van der Waals surface area contributed by atoms with Crippen LogP contribution in [0.2, 0.25) is 0 Å².